The summed E-state index contributed by atoms with van der Waals surface area (Å²) in [7, 11) is 0. The molecule has 0 fully saturated rings. The van der Waals surface area contributed by atoms with Gasteiger partial charge in [0.25, 0.3) is 0 Å². The Kier molecular flexibility index (Phi) is 23.9. The Hall–Kier alpha value is 0.790. The number of halogens is 2. The first-order chi connectivity index (χ1) is 8.86. The molecule has 2 rings (SSSR count). The summed E-state index contributed by atoms with van der Waals surface area (Å²) in [6.45, 7) is 4.44. The van der Waals surface area contributed by atoms with E-state index in [0.29, 0.717) is 0 Å². The van der Waals surface area contributed by atoms with Crippen molar-refractivity contribution in [1.29, 1.82) is 0 Å². The van der Waals surface area contributed by atoms with Crippen LogP contribution in [0, 0.1) is 12.2 Å². The summed E-state index contributed by atoms with van der Waals surface area (Å²) in [5, 5.41) is 0. The molecule has 0 aromatic heterocycles. The molecular weight excluding hydrogens is 554 g/mol. The van der Waals surface area contributed by atoms with Gasteiger partial charge in [0.2, 0.25) is 0 Å². The van der Waals surface area contributed by atoms with Crippen LogP contribution in [0.5, 0.6) is 0 Å². The predicted octanol–water partition coefficient (Wildman–Crippen LogP) is -0.262. The molecule has 0 aromatic carbocycles. The van der Waals surface area contributed by atoms with E-state index in [0.717, 1.165) is 12.8 Å². The molecular formula is C18H26Br2Hf. The maximum atomic E-state index is 3.30. The van der Waals surface area contributed by atoms with Gasteiger partial charge in [0, 0.05) is 0 Å². The van der Waals surface area contributed by atoms with E-state index in [4.69, 9.17) is 0 Å². The quantitative estimate of drug-likeness (QED) is 0.300. The van der Waals surface area contributed by atoms with Gasteiger partial charge in [-0.3, -0.25) is 12.2 Å². The molecule has 116 valence electrons. The van der Waals surface area contributed by atoms with Gasteiger partial charge in [-0.1, -0.05) is 52.4 Å². The molecule has 0 unspecified atom stereocenters. The minimum absolute atomic E-state index is 0. The summed E-state index contributed by atoms with van der Waals surface area (Å²) >= 11 is 0. The first kappa shape index (κ1) is 26.7. The zero-order valence-corrected chi connectivity index (χ0v) is 20.0. The molecule has 0 heterocycles. The first-order valence-corrected chi connectivity index (χ1v) is 7.39. The predicted molar refractivity (Wildman–Crippen MR) is 80.1 cm³/mol. The van der Waals surface area contributed by atoms with Gasteiger partial charge in [0.15, 0.2) is 0 Å². The van der Waals surface area contributed by atoms with E-state index in [1.165, 1.54) is 49.7 Å². The maximum Gasteiger partial charge on any atom is 4.00 e. The van der Waals surface area contributed by atoms with Crippen molar-refractivity contribution >= 4 is 0 Å². The molecule has 0 aromatic rings. The zero-order valence-electron chi connectivity index (χ0n) is 13.2. The third-order valence-electron chi connectivity index (χ3n) is 3.13. The summed E-state index contributed by atoms with van der Waals surface area (Å²) < 4.78 is 0. The molecule has 0 saturated carbocycles. The van der Waals surface area contributed by atoms with E-state index in [1.807, 2.05) is 0 Å². The van der Waals surface area contributed by atoms with Crippen molar-refractivity contribution in [3.05, 3.63) is 47.6 Å². The standard InChI is InChI=1S/2C9H13.2BrH.Hf/c2*1-2-3-6-9-7-4-5-8-9;;;/h2*4,7H,2-3,5-6H2,1H3;2*1H;/q2*-1;;;+4/p-2. The fraction of sp³-hybridized carbons (Fsp3) is 0.556. The van der Waals surface area contributed by atoms with Crippen molar-refractivity contribution in [3.63, 3.8) is 0 Å². The average Bonchev–Trinajstić information content (AvgIpc) is 3.07. The molecule has 2 aliphatic rings. The third-order valence-corrected chi connectivity index (χ3v) is 3.13. The third kappa shape index (κ3) is 14.1. The fourth-order valence-corrected chi connectivity index (χ4v) is 1.98. The number of hydrogen-bond donors (Lipinski definition) is 0. The first-order valence-electron chi connectivity index (χ1n) is 7.39. The van der Waals surface area contributed by atoms with Crippen LogP contribution >= 0.6 is 0 Å². The molecule has 0 spiro atoms. The number of allylic oxidation sites excluding steroid dienone is 8. The van der Waals surface area contributed by atoms with Crippen LogP contribution in [0.4, 0.5) is 0 Å². The summed E-state index contributed by atoms with van der Waals surface area (Å²) in [6, 6.07) is 0. The molecule has 0 atom stereocenters. The van der Waals surface area contributed by atoms with Gasteiger partial charge in [-0.2, -0.15) is 12.2 Å². The molecule has 0 bridgehead atoms. The molecule has 2 aliphatic carbocycles. The van der Waals surface area contributed by atoms with Crippen molar-refractivity contribution < 1.29 is 59.8 Å². The molecule has 21 heavy (non-hydrogen) atoms. The Morgan fingerprint density at radius 1 is 0.810 bits per heavy atom. The number of hydrogen-bond acceptors (Lipinski definition) is 0. The van der Waals surface area contributed by atoms with Crippen LogP contribution in [0.25, 0.3) is 0 Å². The van der Waals surface area contributed by atoms with E-state index >= 15 is 0 Å². The summed E-state index contributed by atoms with van der Waals surface area (Å²) in [4.78, 5) is 0. The molecule has 0 nitrogen and oxygen atoms in total. The van der Waals surface area contributed by atoms with Crippen LogP contribution in [-0.4, -0.2) is 0 Å². The van der Waals surface area contributed by atoms with Crippen LogP contribution in [0.15, 0.2) is 35.5 Å². The number of unbranched alkanes of at least 4 members (excludes halogenated alkanes) is 2. The second-order valence-corrected chi connectivity index (χ2v) is 4.82. The maximum absolute atomic E-state index is 3.30. The van der Waals surface area contributed by atoms with Crippen LogP contribution in [-0.2, 0) is 25.8 Å². The largest absolute Gasteiger partial charge is 4.00 e. The van der Waals surface area contributed by atoms with Gasteiger partial charge >= 0.3 is 25.8 Å². The van der Waals surface area contributed by atoms with Crippen LogP contribution in [0.2, 0.25) is 0 Å². The van der Waals surface area contributed by atoms with Crippen molar-refractivity contribution in [3.8, 4) is 0 Å². The topological polar surface area (TPSA) is 0 Å². The molecule has 0 aliphatic heterocycles. The second-order valence-electron chi connectivity index (χ2n) is 4.82. The van der Waals surface area contributed by atoms with E-state index in [-0.39, 0.29) is 59.8 Å². The molecule has 3 heteroatoms. The fourth-order valence-electron chi connectivity index (χ4n) is 1.98. The second kappa shape index (κ2) is 18.8. The van der Waals surface area contributed by atoms with E-state index in [2.05, 4.69) is 50.3 Å². The van der Waals surface area contributed by atoms with Crippen molar-refractivity contribution in [2.45, 2.75) is 65.2 Å². The van der Waals surface area contributed by atoms with Crippen LogP contribution in [0.3, 0.4) is 0 Å². The van der Waals surface area contributed by atoms with Gasteiger partial charge in [0.1, 0.15) is 0 Å². The Bertz CT molecular complexity index is 307. The minimum atomic E-state index is 0. The van der Waals surface area contributed by atoms with E-state index < -0.39 is 0 Å². The van der Waals surface area contributed by atoms with Crippen molar-refractivity contribution in [2.24, 2.45) is 0 Å². The van der Waals surface area contributed by atoms with Crippen molar-refractivity contribution in [1.82, 2.24) is 0 Å². The summed E-state index contributed by atoms with van der Waals surface area (Å²) in [6.07, 6.45) is 25.1. The Labute approximate surface area is 171 Å². The van der Waals surface area contributed by atoms with Gasteiger partial charge in [-0.15, -0.1) is 12.8 Å². The number of rotatable bonds is 6. The summed E-state index contributed by atoms with van der Waals surface area (Å²) in [5.41, 5.74) is 2.83. The van der Waals surface area contributed by atoms with Gasteiger partial charge < -0.3 is 34.0 Å². The molecule has 0 amide bonds. The normalized spacial score (nSPS) is 14.0. The monoisotopic (exact) mass is 580 g/mol. The molecule has 0 radical (unpaired) electrons. The van der Waals surface area contributed by atoms with E-state index in [1.54, 1.807) is 0 Å². The van der Waals surface area contributed by atoms with Crippen LogP contribution in [0.1, 0.15) is 65.2 Å². The summed E-state index contributed by atoms with van der Waals surface area (Å²) in [5.74, 6) is 0. The van der Waals surface area contributed by atoms with Crippen molar-refractivity contribution in [2.75, 3.05) is 0 Å². The zero-order chi connectivity index (χ0) is 13.1. The SMILES string of the molecule is CCCCC1=[C-]CC=C1.CCCCC1=[C-]CC=C1.[Br-].[Br-].[Hf+4]. The average molecular weight is 581 g/mol. The molecule has 0 N–H and O–H groups in total. The van der Waals surface area contributed by atoms with E-state index in [9.17, 15) is 0 Å². The molecule has 0 saturated heterocycles. The van der Waals surface area contributed by atoms with Crippen LogP contribution < -0.4 is 34.0 Å². The smallest absolute Gasteiger partial charge is 1.00 e. The van der Waals surface area contributed by atoms with Gasteiger partial charge in [-0.25, -0.2) is 23.3 Å². The Morgan fingerprint density at radius 2 is 1.19 bits per heavy atom. The minimum Gasteiger partial charge on any atom is -1.00 e. The Morgan fingerprint density at radius 3 is 1.43 bits per heavy atom. The Balaban J connectivity index is -0.000000270. The van der Waals surface area contributed by atoms with Gasteiger partial charge in [0.05, 0.1) is 0 Å². The van der Waals surface area contributed by atoms with Gasteiger partial charge in [-0.05, 0) is 0 Å².